The summed E-state index contributed by atoms with van der Waals surface area (Å²) in [6, 6.07) is 10.2. The molecular formula is C28H27F2N5O3. The zero-order valence-electron chi connectivity index (χ0n) is 20.6. The summed E-state index contributed by atoms with van der Waals surface area (Å²) in [5.41, 5.74) is 7.43. The fraction of sp³-hybridized carbons (Fsp3) is 0.357. The van der Waals surface area contributed by atoms with E-state index in [9.17, 15) is 9.18 Å². The molecule has 3 aromatic rings. The summed E-state index contributed by atoms with van der Waals surface area (Å²) >= 11 is 0. The van der Waals surface area contributed by atoms with Gasteiger partial charge in [0.1, 0.15) is 28.8 Å². The Morgan fingerprint density at radius 3 is 2.89 bits per heavy atom. The minimum Gasteiger partial charge on any atom is -0.493 e. The Hall–Kier alpha value is -3.94. The number of nitriles is 1. The van der Waals surface area contributed by atoms with Crippen LogP contribution in [0.4, 0.5) is 14.5 Å². The second kappa shape index (κ2) is 11.2. The summed E-state index contributed by atoms with van der Waals surface area (Å²) in [4.78, 5) is 21.6. The molecule has 4 bridgehead atoms. The number of halogens is 2. The third-order valence-corrected chi connectivity index (χ3v) is 7.13. The molecule has 1 fully saturated rings. The van der Waals surface area contributed by atoms with E-state index in [0.717, 1.165) is 11.6 Å². The summed E-state index contributed by atoms with van der Waals surface area (Å²) in [7, 11) is 0. The summed E-state index contributed by atoms with van der Waals surface area (Å²) in [6.45, 7) is 0.461. The first kappa shape index (κ1) is 25.7. The van der Waals surface area contributed by atoms with Gasteiger partial charge in [-0.25, -0.2) is 13.8 Å². The molecule has 38 heavy (non-hydrogen) atoms. The fourth-order valence-corrected chi connectivity index (χ4v) is 5.42. The second-order valence-electron chi connectivity index (χ2n) is 9.53. The number of rotatable bonds is 3. The highest BCUT2D eigenvalue weighted by Gasteiger charge is 2.38. The quantitative estimate of drug-likeness (QED) is 0.486. The Labute approximate surface area is 218 Å². The summed E-state index contributed by atoms with van der Waals surface area (Å²) in [6.07, 6.45) is 4.99. The normalized spacial score (nSPS) is 22.9. The van der Waals surface area contributed by atoms with Crippen LogP contribution in [0.2, 0.25) is 0 Å². The van der Waals surface area contributed by atoms with Crippen LogP contribution in [0.15, 0.2) is 48.8 Å². The molecule has 0 spiro atoms. The van der Waals surface area contributed by atoms with Crippen LogP contribution in [0.5, 0.6) is 5.75 Å². The predicted octanol–water partition coefficient (Wildman–Crippen LogP) is 4.58. The van der Waals surface area contributed by atoms with Gasteiger partial charge >= 0.3 is 0 Å². The van der Waals surface area contributed by atoms with Gasteiger partial charge in [0.15, 0.2) is 0 Å². The Bertz CT molecular complexity index is 1380. The Balaban J connectivity index is 1.58. The first-order valence-electron chi connectivity index (χ1n) is 12.5. The van der Waals surface area contributed by atoms with Gasteiger partial charge in [-0.05, 0) is 67.0 Å². The van der Waals surface area contributed by atoms with Gasteiger partial charge in [0.2, 0.25) is 0 Å². The van der Waals surface area contributed by atoms with Gasteiger partial charge in [0.25, 0.3) is 5.91 Å². The van der Waals surface area contributed by atoms with Crippen molar-refractivity contribution in [1.29, 1.82) is 5.26 Å². The Morgan fingerprint density at radius 1 is 1.18 bits per heavy atom. The molecule has 0 radical (unpaired) electrons. The number of nitrogens with one attached hydrogen (secondary N) is 1. The summed E-state index contributed by atoms with van der Waals surface area (Å²) < 4.78 is 42.0. The van der Waals surface area contributed by atoms with E-state index in [2.05, 4.69) is 21.4 Å². The molecule has 1 aliphatic heterocycles. The van der Waals surface area contributed by atoms with Gasteiger partial charge in [0, 0.05) is 12.2 Å². The Morgan fingerprint density at radius 2 is 2.05 bits per heavy atom. The fourth-order valence-electron chi connectivity index (χ4n) is 5.42. The highest BCUT2D eigenvalue weighted by Crippen LogP contribution is 2.42. The number of pyridine rings is 2. The number of nitrogens with zero attached hydrogens (tertiary/aromatic N) is 3. The average molecular weight is 520 g/mol. The van der Waals surface area contributed by atoms with Gasteiger partial charge in [0.05, 0.1) is 49.3 Å². The topological polar surface area (TPSA) is 123 Å². The summed E-state index contributed by atoms with van der Waals surface area (Å²) in [5.74, 6) is -2.01. The van der Waals surface area contributed by atoms with Crippen molar-refractivity contribution in [2.45, 2.75) is 43.7 Å². The number of anilines is 1. The van der Waals surface area contributed by atoms with E-state index in [-0.39, 0.29) is 66.3 Å². The van der Waals surface area contributed by atoms with Gasteiger partial charge in [-0.15, -0.1) is 0 Å². The molecule has 8 nitrogen and oxygen atoms in total. The van der Waals surface area contributed by atoms with Gasteiger partial charge in [-0.3, -0.25) is 9.78 Å². The molecule has 4 atom stereocenters. The first-order valence-corrected chi connectivity index (χ1v) is 12.5. The van der Waals surface area contributed by atoms with Crippen molar-refractivity contribution in [2.24, 2.45) is 11.7 Å². The van der Waals surface area contributed by atoms with E-state index in [0.29, 0.717) is 24.9 Å². The van der Waals surface area contributed by atoms with E-state index in [1.165, 1.54) is 18.2 Å². The van der Waals surface area contributed by atoms with Crippen molar-refractivity contribution in [2.75, 3.05) is 18.5 Å². The highest BCUT2D eigenvalue weighted by molar-refractivity contribution is 6.03. The van der Waals surface area contributed by atoms with E-state index in [1.807, 2.05) is 6.07 Å². The molecule has 1 aliphatic carbocycles. The number of hydrogen-bond acceptors (Lipinski definition) is 7. The molecule has 2 aromatic heterocycles. The number of fused-ring (bicyclic) bond motifs is 8. The zero-order chi connectivity index (χ0) is 26.6. The molecule has 0 saturated heterocycles. The molecule has 1 aromatic carbocycles. The molecule has 2 aliphatic rings. The second-order valence-corrected chi connectivity index (χ2v) is 9.53. The number of carbonyl (C=O) groups is 1. The number of ether oxygens (including phenoxy) is 2. The highest BCUT2D eigenvalue weighted by atomic mass is 19.1. The smallest absolute Gasteiger partial charge is 0.274 e. The lowest BCUT2D eigenvalue weighted by atomic mass is 9.72. The van der Waals surface area contributed by atoms with Crippen molar-refractivity contribution in [3.8, 4) is 23.1 Å². The maximum Gasteiger partial charge on any atom is 0.274 e. The van der Waals surface area contributed by atoms with Gasteiger partial charge in [-0.2, -0.15) is 5.26 Å². The van der Waals surface area contributed by atoms with Crippen molar-refractivity contribution in [1.82, 2.24) is 9.97 Å². The van der Waals surface area contributed by atoms with Crippen LogP contribution in [-0.4, -0.2) is 41.2 Å². The third kappa shape index (κ3) is 5.21. The van der Waals surface area contributed by atoms with Crippen LogP contribution in [0.3, 0.4) is 0 Å². The lowest BCUT2D eigenvalue weighted by Crippen LogP contribution is -2.48. The minimum absolute atomic E-state index is 0.00397. The van der Waals surface area contributed by atoms with E-state index >= 15 is 4.39 Å². The minimum atomic E-state index is -0.782. The number of benzene rings is 1. The maximum absolute atomic E-state index is 15.0. The van der Waals surface area contributed by atoms with Crippen LogP contribution in [-0.2, 0) is 4.74 Å². The largest absolute Gasteiger partial charge is 0.493 e. The number of carbonyl (C=O) groups excluding carboxylic acids is 1. The van der Waals surface area contributed by atoms with E-state index in [1.54, 1.807) is 18.5 Å². The van der Waals surface area contributed by atoms with Crippen LogP contribution in [0.25, 0.3) is 11.3 Å². The number of hydrogen-bond donors (Lipinski definition) is 2. The predicted molar refractivity (Wildman–Crippen MR) is 135 cm³/mol. The molecular weight excluding hydrogens is 492 g/mol. The van der Waals surface area contributed by atoms with Crippen molar-refractivity contribution >= 4 is 11.6 Å². The maximum atomic E-state index is 15.0. The van der Waals surface area contributed by atoms with Crippen LogP contribution in [0, 0.1) is 28.9 Å². The van der Waals surface area contributed by atoms with Crippen LogP contribution in [0.1, 0.15) is 47.7 Å². The van der Waals surface area contributed by atoms with Crippen LogP contribution < -0.4 is 15.8 Å². The molecule has 3 N–H and O–H groups in total. The molecule has 4 unspecified atom stereocenters. The lowest BCUT2D eigenvalue weighted by molar-refractivity contribution is -0.0315. The summed E-state index contributed by atoms with van der Waals surface area (Å²) in [5, 5.41) is 11.8. The number of amides is 1. The zero-order valence-corrected chi connectivity index (χ0v) is 20.6. The van der Waals surface area contributed by atoms with Crippen molar-refractivity contribution in [3.05, 3.63) is 71.7 Å². The molecule has 1 saturated carbocycles. The molecule has 1 amide bonds. The first-order chi connectivity index (χ1) is 18.5. The third-order valence-electron chi connectivity index (χ3n) is 7.13. The average Bonchev–Trinajstić information content (AvgIpc) is 2.90. The van der Waals surface area contributed by atoms with Crippen molar-refractivity contribution in [3.63, 3.8) is 0 Å². The van der Waals surface area contributed by atoms with E-state index < -0.39 is 17.5 Å². The van der Waals surface area contributed by atoms with Gasteiger partial charge < -0.3 is 20.5 Å². The van der Waals surface area contributed by atoms with Gasteiger partial charge in [-0.1, -0.05) is 6.07 Å². The lowest BCUT2D eigenvalue weighted by Gasteiger charge is -2.40. The Kier molecular flexibility index (Phi) is 7.58. The van der Waals surface area contributed by atoms with E-state index in [4.69, 9.17) is 20.5 Å². The molecule has 196 valence electrons. The number of nitrogens with two attached hydrogens (primary N) is 1. The van der Waals surface area contributed by atoms with Crippen molar-refractivity contribution < 1.29 is 23.0 Å². The van der Waals surface area contributed by atoms with Crippen LogP contribution >= 0.6 is 0 Å². The monoisotopic (exact) mass is 519 g/mol. The molecule has 10 heteroatoms. The standard InChI is InChI=1S/C28H27F2N5O3/c29-19-3-1-4-24-25(19)26-20(30)5-6-22(34-26)28(36)35-23-15-33-10-7-18(23)17-13-16(8-12-37-24)27(21(32)14-17)38-11-2-9-31/h1,3-7,10,15-17,21,27H,2,8,11-14,32H2,(H,35,36). The SMILES string of the molecule is N#CCCOC1C(N)CC2CC1CCOc1cccc(F)c1-c1nc(ccc1F)C(=O)Nc1cnccc12. The molecule has 5 rings (SSSR count). The number of aromatic nitrogens is 2. The molecule has 3 heterocycles.